The molecular formula is C24H30O4. The average molecular weight is 383 g/mol. The van der Waals surface area contributed by atoms with Crippen LogP contribution in [0.15, 0.2) is 18.2 Å². The summed E-state index contributed by atoms with van der Waals surface area (Å²) < 4.78 is 11.4. The van der Waals surface area contributed by atoms with Crippen molar-refractivity contribution in [3.63, 3.8) is 0 Å². The summed E-state index contributed by atoms with van der Waals surface area (Å²) in [7, 11) is 0. The quantitative estimate of drug-likeness (QED) is 0.537. The molecule has 0 heterocycles. The van der Waals surface area contributed by atoms with Gasteiger partial charge in [0, 0.05) is 19.3 Å². The van der Waals surface area contributed by atoms with E-state index in [1.165, 1.54) is 37.3 Å². The van der Waals surface area contributed by atoms with E-state index < -0.39 is 0 Å². The SMILES string of the molecule is CC(=O)Oc1ccc2c(c1)CC[C@@H]1[C@H]2CC[C@]2(C)C3(OC(C)=O)CCC12CC3. The molecular weight excluding hydrogens is 352 g/mol. The highest BCUT2D eigenvalue weighted by atomic mass is 16.6. The third-order valence-electron chi connectivity index (χ3n) is 9.04. The van der Waals surface area contributed by atoms with Gasteiger partial charge in [0.05, 0.1) is 0 Å². The van der Waals surface area contributed by atoms with Gasteiger partial charge < -0.3 is 9.47 Å². The first kappa shape index (κ1) is 18.2. The van der Waals surface area contributed by atoms with Gasteiger partial charge in [0.1, 0.15) is 11.4 Å². The third kappa shape index (κ3) is 2.18. The Morgan fingerprint density at radius 1 is 1.00 bits per heavy atom. The maximum atomic E-state index is 11.9. The molecule has 28 heavy (non-hydrogen) atoms. The van der Waals surface area contributed by atoms with Crippen molar-refractivity contribution in [1.82, 2.24) is 0 Å². The van der Waals surface area contributed by atoms with Crippen LogP contribution in [0.2, 0.25) is 0 Å². The molecule has 4 aliphatic carbocycles. The van der Waals surface area contributed by atoms with Gasteiger partial charge in [-0.1, -0.05) is 13.0 Å². The van der Waals surface area contributed by atoms with Crippen LogP contribution in [-0.4, -0.2) is 17.5 Å². The molecule has 0 amide bonds. The molecule has 1 aromatic rings. The fourth-order valence-corrected chi connectivity index (χ4v) is 7.98. The van der Waals surface area contributed by atoms with E-state index in [9.17, 15) is 9.59 Å². The molecule has 4 heteroatoms. The Morgan fingerprint density at radius 2 is 1.75 bits per heavy atom. The van der Waals surface area contributed by atoms with Crippen LogP contribution < -0.4 is 4.74 Å². The molecule has 2 bridgehead atoms. The van der Waals surface area contributed by atoms with E-state index in [1.54, 1.807) is 6.92 Å². The minimum Gasteiger partial charge on any atom is -0.459 e. The van der Waals surface area contributed by atoms with Gasteiger partial charge in [-0.05, 0) is 91.9 Å². The van der Waals surface area contributed by atoms with Gasteiger partial charge in [-0.3, -0.25) is 9.59 Å². The predicted octanol–water partition coefficient (Wildman–Crippen LogP) is 4.93. The van der Waals surface area contributed by atoms with Crippen LogP contribution in [0.5, 0.6) is 5.75 Å². The van der Waals surface area contributed by atoms with Gasteiger partial charge in [0.15, 0.2) is 0 Å². The topological polar surface area (TPSA) is 52.6 Å². The number of fused-ring (bicyclic) bond motifs is 3. The minimum atomic E-state index is -0.264. The Bertz CT molecular complexity index is 848. The van der Waals surface area contributed by atoms with E-state index in [0.717, 1.165) is 32.1 Å². The first-order valence-electron chi connectivity index (χ1n) is 10.8. The predicted molar refractivity (Wildman–Crippen MR) is 105 cm³/mol. The first-order chi connectivity index (χ1) is 13.3. The molecule has 3 fully saturated rings. The molecule has 0 saturated heterocycles. The fourth-order valence-electron chi connectivity index (χ4n) is 7.98. The smallest absolute Gasteiger partial charge is 0.308 e. The van der Waals surface area contributed by atoms with Crippen molar-refractivity contribution in [1.29, 1.82) is 0 Å². The molecule has 0 radical (unpaired) electrons. The van der Waals surface area contributed by atoms with Gasteiger partial charge in [0.25, 0.3) is 0 Å². The number of rotatable bonds is 2. The van der Waals surface area contributed by atoms with Gasteiger partial charge in [-0.2, -0.15) is 0 Å². The number of benzene rings is 1. The zero-order valence-electron chi connectivity index (χ0n) is 17.2. The number of hydrogen-bond donors (Lipinski definition) is 0. The Morgan fingerprint density at radius 3 is 2.43 bits per heavy atom. The van der Waals surface area contributed by atoms with Gasteiger partial charge in [-0.15, -0.1) is 0 Å². The molecule has 4 aliphatic rings. The largest absolute Gasteiger partial charge is 0.459 e. The molecule has 3 atom stereocenters. The lowest BCUT2D eigenvalue weighted by Gasteiger charge is -2.57. The Hall–Kier alpha value is -1.84. The monoisotopic (exact) mass is 382 g/mol. The molecule has 4 nitrogen and oxygen atoms in total. The second kappa shape index (κ2) is 5.84. The summed E-state index contributed by atoms with van der Waals surface area (Å²) in [6, 6.07) is 6.23. The lowest BCUT2D eigenvalue weighted by Crippen LogP contribution is -2.53. The molecule has 5 rings (SSSR count). The molecule has 150 valence electrons. The van der Waals surface area contributed by atoms with Gasteiger partial charge in [-0.25, -0.2) is 0 Å². The molecule has 0 unspecified atom stereocenters. The number of carbonyl (C=O) groups excluding carboxylic acids is 2. The number of aryl methyl sites for hydroxylation is 1. The van der Waals surface area contributed by atoms with Crippen molar-refractivity contribution in [3.8, 4) is 5.75 Å². The molecule has 0 spiro atoms. The highest BCUT2D eigenvalue weighted by molar-refractivity contribution is 5.69. The van der Waals surface area contributed by atoms with Crippen LogP contribution in [-0.2, 0) is 20.7 Å². The van der Waals surface area contributed by atoms with Crippen molar-refractivity contribution in [2.75, 3.05) is 0 Å². The Balaban J connectivity index is 1.50. The lowest BCUT2D eigenvalue weighted by molar-refractivity contribution is -0.174. The lowest BCUT2D eigenvalue weighted by atomic mass is 9.48. The van der Waals surface area contributed by atoms with Crippen molar-refractivity contribution in [3.05, 3.63) is 29.3 Å². The van der Waals surface area contributed by atoms with Gasteiger partial charge >= 0.3 is 11.9 Å². The maximum Gasteiger partial charge on any atom is 0.308 e. The number of carbonyl (C=O) groups is 2. The van der Waals surface area contributed by atoms with E-state index in [4.69, 9.17) is 9.47 Å². The first-order valence-corrected chi connectivity index (χ1v) is 10.8. The summed E-state index contributed by atoms with van der Waals surface area (Å²) in [6.07, 6.45) is 8.97. The van der Waals surface area contributed by atoms with Crippen molar-refractivity contribution < 1.29 is 19.1 Å². The van der Waals surface area contributed by atoms with Crippen molar-refractivity contribution in [2.24, 2.45) is 16.7 Å². The van der Waals surface area contributed by atoms with Crippen LogP contribution in [0.4, 0.5) is 0 Å². The van der Waals surface area contributed by atoms with E-state index in [1.807, 2.05) is 6.07 Å². The fraction of sp³-hybridized carbons (Fsp3) is 0.667. The highest BCUT2D eigenvalue weighted by Crippen LogP contribution is 2.78. The second-order valence-corrected chi connectivity index (χ2v) is 9.82. The highest BCUT2D eigenvalue weighted by Gasteiger charge is 2.75. The van der Waals surface area contributed by atoms with Crippen LogP contribution in [0.3, 0.4) is 0 Å². The summed E-state index contributed by atoms with van der Waals surface area (Å²) in [5, 5.41) is 0. The Kier molecular flexibility index (Phi) is 3.80. The van der Waals surface area contributed by atoms with E-state index in [2.05, 4.69) is 19.1 Å². The molecule has 0 N–H and O–H groups in total. The van der Waals surface area contributed by atoms with Gasteiger partial charge in [0.2, 0.25) is 0 Å². The molecule has 0 aromatic heterocycles. The van der Waals surface area contributed by atoms with Crippen molar-refractivity contribution in [2.45, 2.75) is 83.7 Å². The Labute approximate surface area is 167 Å². The van der Waals surface area contributed by atoms with Crippen LogP contribution >= 0.6 is 0 Å². The van der Waals surface area contributed by atoms with E-state index >= 15 is 0 Å². The van der Waals surface area contributed by atoms with Crippen LogP contribution in [0.1, 0.15) is 82.8 Å². The summed E-state index contributed by atoms with van der Waals surface area (Å²) in [6.45, 7) is 5.44. The zero-order valence-corrected chi connectivity index (χ0v) is 17.2. The maximum absolute atomic E-state index is 11.9. The minimum absolute atomic E-state index is 0.113. The average Bonchev–Trinajstić information content (AvgIpc) is 3.03. The number of esters is 2. The molecule has 1 aromatic carbocycles. The van der Waals surface area contributed by atoms with Crippen LogP contribution in [0, 0.1) is 16.7 Å². The summed E-state index contributed by atoms with van der Waals surface area (Å²) in [4.78, 5) is 23.2. The molecule has 3 saturated carbocycles. The zero-order chi connectivity index (χ0) is 19.7. The van der Waals surface area contributed by atoms with E-state index in [0.29, 0.717) is 23.0 Å². The summed E-state index contributed by atoms with van der Waals surface area (Å²) in [5.41, 5.74) is 2.99. The third-order valence-corrected chi connectivity index (χ3v) is 9.04. The number of ether oxygens (including phenoxy) is 2. The summed E-state index contributed by atoms with van der Waals surface area (Å²) in [5.74, 6) is 1.53. The molecule has 0 aliphatic heterocycles. The normalized spacial score (nSPS) is 40.2. The standard InChI is InChI=1S/C24H30O4/c1-15(25)27-18-5-6-19-17(14-18)4-7-21-20(19)8-9-22(3)23(21)10-12-24(22,13-11-23)28-16(2)26/h5-6,14,20-21H,4,7-13H2,1-3H3/t20-,21+,22-,23?,24?/m0/s1. The van der Waals surface area contributed by atoms with Crippen LogP contribution in [0.25, 0.3) is 0 Å². The second-order valence-electron chi connectivity index (χ2n) is 9.82. The van der Waals surface area contributed by atoms with Crippen molar-refractivity contribution >= 4 is 11.9 Å². The summed E-state index contributed by atoms with van der Waals surface area (Å²) >= 11 is 0. The van der Waals surface area contributed by atoms with E-state index in [-0.39, 0.29) is 23.0 Å². The number of hydrogen-bond acceptors (Lipinski definition) is 4.